The fraction of sp³-hybridized carbons (Fsp3) is 0.286. The number of methoxy groups -OCH3 is 3. The van der Waals surface area contributed by atoms with Gasteiger partial charge in [0.15, 0.2) is 17.6 Å². The molecule has 0 aliphatic rings. The monoisotopic (exact) mass is 493 g/mol. The van der Waals surface area contributed by atoms with E-state index in [2.05, 4.69) is 5.32 Å². The molecule has 0 saturated heterocycles. The quantitative estimate of drug-likeness (QED) is 0.363. The van der Waals surface area contributed by atoms with Crippen LogP contribution in [-0.4, -0.2) is 39.3 Å². The van der Waals surface area contributed by atoms with Crippen LogP contribution in [0.3, 0.4) is 0 Å². The summed E-state index contributed by atoms with van der Waals surface area (Å²) in [6.45, 7) is 1.99. The summed E-state index contributed by atoms with van der Waals surface area (Å²) < 4.78 is 27.1. The van der Waals surface area contributed by atoms with Crippen LogP contribution in [0.4, 0.5) is 5.69 Å². The Kier molecular flexibility index (Phi) is 9.56. The Labute approximate surface area is 211 Å². The Balaban J connectivity index is 1.47. The molecule has 8 heteroatoms. The van der Waals surface area contributed by atoms with Gasteiger partial charge in [-0.1, -0.05) is 30.3 Å². The molecule has 1 unspecified atom stereocenters. The van der Waals surface area contributed by atoms with Crippen molar-refractivity contribution < 1.29 is 33.3 Å². The minimum absolute atomic E-state index is 0.0870. The predicted octanol–water partition coefficient (Wildman–Crippen LogP) is 4.79. The Bertz CT molecular complexity index is 1120. The summed E-state index contributed by atoms with van der Waals surface area (Å²) in [5.41, 5.74) is 2.45. The van der Waals surface area contributed by atoms with Crippen LogP contribution in [0.1, 0.15) is 24.5 Å². The van der Waals surface area contributed by atoms with Crippen molar-refractivity contribution in [2.75, 3.05) is 26.6 Å². The summed E-state index contributed by atoms with van der Waals surface area (Å²) in [7, 11) is 4.58. The van der Waals surface area contributed by atoms with Gasteiger partial charge in [0.1, 0.15) is 12.4 Å². The molecule has 1 amide bonds. The lowest BCUT2D eigenvalue weighted by molar-refractivity contribution is -0.153. The second-order valence-corrected chi connectivity index (χ2v) is 7.95. The highest BCUT2D eigenvalue weighted by atomic mass is 16.5. The third kappa shape index (κ3) is 7.40. The maximum atomic E-state index is 12.5. The second-order valence-electron chi connectivity index (χ2n) is 7.95. The van der Waals surface area contributed by atoms with E-state index in [-0.39, 0.29) is 6.42 Å². The smallest absolute Gasteiger partial charge is 0.306 e. The Morgan fingerprint density at radius 1 is 0.833 bits per heavy atom. The number of hydrogen-bond donors (Lipinski definition) is 1. The van der Waals surface area contributed by atoms with E-state index in [1.807, 2.05) is 30.3 Å². The molecule has 36 heavy (non-hydrogen) atoms. The van der Waals surface area contributed by atoms with Gasteiger partial charge in [-0.05, 0) is 60.9 Å². The Morgan fingerprint density at radius 3 is 2.06 bits per heavy atom. The first-order valence-electron chi connectivity index (χ1n) is 11.5. The largest absolute Gasteiger partial charge is 0.493 e. The summed E-state index contributed by atoms with van der Waals surface area (Å²) in [5.74, 6) is 1.26. The van der Waals surface area contributed by atoms with Crippen molar-refractivity contribution in [3.63, 3.8) is 0 Å². The lowest BCUT2D eigenvalue weighted by Crippen LogP contribution is -2.30. The molecule has 0 aromatic heterocycles. The molecule has 1 N–H and O–H groups in total. The highest BCUT2D eigenvalue weighted by Crippen LogP contribution is 2.38. The number of nitrogens with one attached hydrogen (secondary N) is 1. The van der Waals surface area contributed by atoms with Gasteiger partial charge in [-0.25, -0.2) is 0 Å². The van der Waals surface area contributed by atoms with E-state index in [0.29, 0.717) is 41.7 Å². The maximum Gasteiger partial charge on any atom is 0.306 e. The molecule has 0 heterocycles. The molecular formula is C28H31NO7. The van der Waals surface area contributed by atoms with Crippen LogP contribution in [0.15, 0.2) is 66.7 Å². The van der Waals surface area contributed by atoms with Gasteiger partial charge >= 0.3 is 5.97 Å². The van der Waals surface area contributed by atoms with Gasteiger partial charge in [0.25, 0.3) is 5.91 Å². The van der Waals surface area contributed by atoms with E-state index in [0.717, 1.165) is 11.1 Å². The summed E-state index contributed by atoms with van der Waals surface area (Å²) in [5, 5.41) is 2.75. The maximum absolute atomic E-state index is 12.5. The molecule has 0 saturated carbocycles. The molecule has 0 radical (unpaired) electrons. The minimum Gasteiger partial charge on any atom is -0.493 e. The Hall–Kier alpha value is -4.20. The zero-order valence-electron chi connectivity index (χ0n) is 20.9. The molecule has 8 nitrogen and oxygen atoms in total. The highest BCUT2D eigenvalue weighted by Gasteiger charge is 2.19. The SMILES string of the molecule is COc1cc(CCC(=O)OC(C)C(=O)Nc2ccc(OCc3ccccc3)cc2)cc(OC)c1OC. The summed E-state index contributed by atoms with van der Waals surface area (Å²) in [6.07, 6.45) is -0.482. The lowest BCUT2D eigenvalue weighted by atomic mass is 10.1. The topological polar surface area (TPSA) is 92.3 Å². The van der Waals surface area contributed by atoms with Gasteiger partial charge in [0.2, 0.25) is 5.75 Å². The van der Waals surface area contributed by atoms with Crippen molar-refractivity contribution >= 4 is 17.6 Å². The van der Waals surface area contributed by atoms with Crippen LogP contribution in [0, 0.1) is 0 Å². The molecule has 0 bridgehead atoms. The van der Waals surface area contributed by atoms with E-state index in [9.17, 15) is 9.59 Å². The van der Waals surface area contributed by atoms with E-state index >= 15 is 0 Å². The average molecular weight is 494 g/mol. The third-order valence-electron chi connectivity index (χ3n) is 5.39. The molecule has 0 aliphatic heterocycles. The van der Waals surface area contributed by atoms with Crippen molar-refractivity contribution in [2.45, 2.75) is 32.5 Å². The first kappa shape index (κ1) is 26.4. The molecule has 190 valence electrons. The third-order valence-corrected chi connectivity index (χ3v) is 5.39. The summed E-state index contributed by atoms with van der Waals surface area (Å²) in [6, 6.07) is 20.4. The molecule has 0 spiro atoms. The molecule has 1 atom stereocenters. The molecular weight excluding hydrogens is 462 g/mol. The predicted molar refractivity (Wildman–Crippen MR) is 136 cm³/mol. The highest BCUT2D eigenvalue weighted by molar-refractivity contribution is 5.95. The van der Waals surface area contributed by atoms with Crippen molar-refractivity contribution in [3.05, 3.63) is 77.9 Å². The number of rotatable bonds is 12. The number of amides is 1. The number of benzene rings is 3. The number of aryl methyl sites for hydroxylation is 1. The number of carbonyl (C=O) groups is 2. The number of hydrogen-bond acceptors (Lipinski definition) is 7. The molecule has 3 rings (SSSR count). The minimum atomic E-state index is -0.952. The van der Waals surface area contributed by atoms with E-state index in [1.165, 1.54) is 28.3 Å². The normalized spacial score (nSPS) is 11.2. The number of carbonyl (C=O) groups excluding carboxylic acids is 2. The van der Waals surface area contributed by atoms with E-state index in [4.69, 9.17) is 23.7 Å². The van der Waals surface area contributed by atoms with Crippen LogP contribution in [0.2, 0.25) is 0 Å². The zero-order valence-corrected chi connectivity index (χ0v) is 20.9. The van der Waals surface area contributed by atoms with Gasteiger partial charge in [-0.2, -0.15) is 0 Å². The van der Waals surface area contributed by atoms with Crippen LogP contribution in [0.5, 0.6) is 23.0 Å². The van der Waals surface area contributed by atoms with E-state index in [1.54, 1.807) is 36.4 Å². The fourth-order valence-electron chi connectivity index (χ4n) is 3.46. The summed E-state index contributed by atoms with van der Waals surface area (Å²) in [4.78, 5) is 24.8. The molecule has 0 aliphatic carbocycles. The van der Waals surface area contributed by atoms with Crippen molar-refractivity contribution in [2.24, 2.45) is 0 Å². The van der Waals surface area contributed by atoms with Crippen LogP contribution in [-0.2, 0) is 27.4 Å². The van der Waals surface area contributed by atoms with Crippen molar-refractivity contribution in [3.8, 4) is 23.0 Å². The van der Waals surface area contributed by atoms with Crippen LogP contribution < -0.4 is 24.3 Å². The summed E-state index contributed by atoms with van der Waals surface area (Å²) >= 11 is 0. The lowest BCUT2D eigenvalue weighted by Gasteiger charge is -2.15. The number of anilines is 1. The van der Waals surface area contributed by atoms with Gasteiger partial charge < -0.3 is 29.0 Å². The number of ether oxygens (including phenoxy) is 5. The first-order chi connectivity index (χ1) is 17.4. The van der Waals surface area contributed by atoms with E-state index < -0.39 is 18.0 Å². The fourth-order valence-corrected chi connectivity index (χ4v) is 3.46. The van der Waals surface area contributed by atoms with Crippen LogP contribution in [0.25, 0.3) is 0 Å². The van der Waals surface area contributed by atoms with Crippen LogP contribution >= 0.6 is 0 Å². The standard InChI is InChI=1S/C28H31NO7/c1-19(36-26(30)15-10-21-16-24(32-2)27(34-4)25(17-21)33-3)28(31)29-22-11-13-23(14-12-22)35-18-20-8-6-5-7-9-20/h5-9,11-14,16-17,19H,10,15,18H2,1-4H3,(H,29,31). The average Bonchev–Trinajstić information content (AvgIpc) is 2.91. The van der Waals surface area contributed by atoms with Gasteiger partial charge in [0.05, 0.1) is 21.3 Å². The molecule has 0 fully saturated rings. The Morgan fingerprint density at radius 2 is 1.47 bits per heavy atom. The van der Waals surface area contributed by atoms with Crippen molar-refractivity contribution in [1.82, 2.24) is 0 Å². The first-order valence-corrected chi connectivity index (χ1v) is 11.5. The second kappa shape index (κ2) is 13.0. The zero-order chi connectivity index (χ0) is 25.9. The molecule has 3 aromatic carbocycles. The van der Waals surface area contributed by atoms with Gasteiger partial charge in [0, 0.05) is 12.1 Å². The van der Waals surface area contributed by atoms with Gasteiger partial charge in [-0.15, -0.1) is 0 Å². The van der Waals surface area contributed by atoms with Crippen molar-refractivity contribution in [1.29, 1.82) is 0 Å². The number of esters is 1. The van der Waals surface area contributed by atoms with Gasteiger partial charge in [-0.3, -0.25) is 9.59 Å². The molecule has 3 aromatic rings.